The Balaban J connectivity index is 2.85. The highest BCUT2D eigenvalue weighted by atomic mass is 79.9. The molecule has 1 rings (SSSR count). The van der Waals surface area contributed by atoms with Gasteiger partial charge in [-0.2, -0.15) is 0 Å². The molecule has 0 aliphatic rings. The molecule has 134 valence electrons. The molecule has 24 heavy (non-hydrogen) atoms. The van der Waals surface area contributed by atoms with Gasteiger partial charge in [0.25, 0.3) is 5.91 Å². The van der Waals surface area contributed by atoms with Crippen LogP contribution in [0.1, 0.15) is 56.8 Å². The molecule has 0 aliphatic carbocycles. The van der Waals surface area contributed by atoms with E-state index in [1.54, 1.807) is 6.07 Å². The number of nitrogens with one attached hydrogen (secondary N) is 1. The predicted octanol–water partition coefficient (Wildman–Crippen LogP) is 4.76. The zero-order chi connectivity index (χ0) is 17.9. The fourth-order valence-electron chi connectivity index (χ4n) is 2.23. The summed E-state index contributed by atoms with van der Waals surface area (Å²) in [4.78, 5) is 14.7. The molecule has 1 aromatic rings. The van der Waals surface area contributed by atoms with Crippen molar-refractivity contribution in [3.05, 3.63) is 28.2 Å². The van der Waals surface area contributed by atoms with Crippen LogP contribution < -0.4 is 10.1 Å². The van der Waals surface area contributed by atoms with Crippen LogP contribution in [0.2, 0.25) is 0 Å². The minimum absolute atomic E-state index is 0.231. The van der Waals surface area contributed by atoms with E-state index in [-0.39, 0.29) is 5.91 Å². The average molecular weight is 415 g/mol. The van der Waals surface area contributed by atoms with E-state index in [0.29, 0.717) is 23.0 Å². The summed E-state index contributed by atoms with van der Waals surface area (Å²) in [5.74, 6) is 0.356. The molecule has 1 amide bonds. The molecule has 0 saturated carbocycles. The normalized spacial score (nSPS) is 10.3. The number of unbranched alkanes of at least 4 members (excludes halogenated alkanes) is 1. The quantitative estimate of drug-likeness (QED) is 0.466. The summed E-state index contributed by atoms with van der Waals surface area (Å²) in [6.07, 6.45) is 3.97. The minimum Gasteiger partial charge on any atom is -0.493 e. The highest BCUT2D eigenvalue weighted by molar-refractivity contribution is 9.10. The molecule has 0 unspecified atom stereocenters. The van der Waals surface area contributed by atoms with Crippen molar-refractivity contribution in [2.24, 2.45) is 0 Å². The molecule has 0 spiro atoms. The van der Waals surface area contributed by atoms with E-state index in [0.717, 1.165) is 43.2 Å². The largest absolute Gasteiger partial charge is 0.493 e. The number of carbonyl (C=O) groups excluding carboxylic acids is 1. The smallest absolute Gasteiger partial charge is 0.261 e. The number of halogens is 1. The lowest BCUT2D eigenvalue weighted by atomic mass is 10.2. The standard InChI is InChI=1S/C18H27BrN2O2S/c1-4-7-12-23-16-9-8-14(19)13-15(16)17(22)20-18(24)21(10-5-2)11-6-3/h8-9,13H,4-7,10-12H2,1-3H3,(H,20,22,24). The second-order valence-electron chi connectivity index (χ2n) is 5.59. The molecule has 0 atom stereocenters. The van der Waals surface area contributed by atoms with Gasteiger partial charge >= 0.3 is 0 Å². The number of benzene rings is 1. The molecule has 0 aromatic heterocycles. The summed E-state index contributed by atoms with van der Waals surface area (Å²) in [5.41, 5.74) is 0.496. The van der Waals surface area contributed by atoms with Gasteiger partial charge in [-0.25, -0.2) is 0 Å². The van der Waals surface area contributed by atoms with E-state index in [9.17, 15) is 4.79 Å². The van der Waals surface area contributed by atoms with Crippen LogP contribution in [0.25, 0.3) is 0 Å². The lowest BCUT2D eigenvalue weighted by molar-refractivity contribution is 0.0969. The summed E-state index contributed by atoms with van der Waals surface area (Å²) in [5, 5.41) is 3.32. The first-order valence-electron chi connectivity index (χ1n) is 8.56. The van der Waals surface area contributed by atoms with Gasteiger partial charge in [0, 0.05) is 17.6 Å². The van der Waals surface area contributed by atoms with Gasteiger partial charge < -0.3 is 9.64 Å². The summed E-state index contributed by atoms with van der Waals surface area (Å²) in [6.45, 7) is 8.58. The van der Waals surface area contributed by atoms with Crippen LogP contribution in [0.3, 0.4) is 0 Å². The molecule has 0 aliphatic heterocycles. The number of nitrogens with zero attached hydrogens (tertiary/aromatic N) is 1. The van der Waals surface area contributed by atoms with Crippen molar-refractivity contribution in [1.82, 2.24) is 10.2 Å². The van der Waals surface area contributed by atoms with Crippen molar-refractivity contribution >= 4 is 39.2 Å². The number of carbonyl (C=O) groups is 1. The van der Waals surface area contributed by atoms with Crippen molar-refractivity contribution in [2.45, 2.75) is 46.5 Å². The number of rotatable bonds is 9. The molecular formula is C18H27BrN2O2S. The number of thiocarbonyl (C=S) groups is 1. The first kappa shape index (κ1) is 20.9. The van der Waals surface area contributed by atoms with Crippen LogP contribution >= 0.6 is 28.1 Å². The molecule has 0 heterocycles. The SMILES string of the molecule is CCCCOc1ccc(Br)cc1C(=O)NC(=S)N(CCC)CCC. The maximum absolute atomic E-state index is 12.6. The van der Waals surface area contributed by atoms with Gasteiger partial charge in [-0.05, 0) is 49.7 Å². The van der Waals surface area contributed by atoms with Crippen LogP contribution in [-0.2, 0) is 0 Å². The first-order chi connectivity index (χ1) is 11.5. The number of hydrogen-bond donors (Lipinski definition) is 1. The van der Waals surface area contributed by atoms with E-state index in [1.807, 2.05) is 17.0 Å². The third kappa shape index (κ3) is 6.77. The lowest BCUT2D eigenvalue weighted by Gasteiger charge is -2.24. The number of amides is 1. The van der Waals surface area contributed by atoms with E-state index < -0.39 is 0 Å². The molecule has 0 radical (unpaired) electrons. The Hall–Kier alpha value is -1.14. The molecule has 0 fully saturated rings. The van der Waals surface area contributed by atoms with Gasteiger partial charge in [0.15, 0.2) is 5.11 Å². The highest BCUT2D eigenvalue weighted by Crippen LogP contribution is 2.23. The summed E-state index contributed by atoms with van der Waals surface area (Å²) in [7, 11) is 0. The molecule has 0 saturated heterocycles. The van der Waals surface area contributed by atoms with Crippen molar-refractivity contribution in [3.8, 4) is 5.75 Å². The first-order valence-corrected chi connectivity index (χ1v) is 9.76. The second-order valence-corrected chi connectivity index (χ2v) is 6.89. The monoisotopic (exact) mass is 414 g/mol. The highest BCUT2D eigenvalue weighted by Gasteiger charge is 2.17. The third-order valence-electron chi connectivity index (χ3n) is 3.44. The van der Waals surface area contributed by atoms with E-state index in [2.05, 4.69) is 42.0 Å². The Kier molecular flexibility index (Phi) is 9.95. The lowest BCUT2D eigenvalue weighted by Crippen LogP contribution is -2.43. The van der Waals surface area contributed by atoms with Crippen molar-refractivity contribution in [3.63, 3.8) is 0 Å². The van der Waals surface area contributed by atoms with Gasteiger partial charge in [-0.15, -0.1) is 0 Å². The topological polar surface area (TPSA) is 41.6 Å². The fourth-order valence-corrected chi connectivity index (χ4v) is 2.87. The second kappa shape index (κ2) is 11.4. The summed E-state index contributed by atoms with van der Waals surface area (Å²) in [6, 6.07) is 5.45. The van der Waals surface area contributed by atoms with Crippen molar-refractivity contribution in [1.29, 1.82) is 0 Å². The van der Waals surface area contributed by atoms with Gasteiger partial charge in [-0.3, -0.25) is 10.1 Å². The van der Waals surface area contributed by atoms with Gasteiger partial charge in [-0.1, -0.05) is 43.1 Å². The molecular weight excluding hydrogens is 388 g/mol. The Morgan fingerprint density at radius 2 is 1.88 bits per heavy atom. The number of ether oxygens (including phenoxy) is 1. The van der Waals surface area contributed by atoms with Crippen molar-refractivity contribution in [2.75, 3.05) is 19.7 Å². The predicted molar refractivity (Wildman–Crippen MR) is 107 cm³/mol. The minimum atomic E-state index is -0.231. The van der Waals surface area contributed by atoms with E-state index in [1.165, 1.54) is 0 Å². The molecule has 6 heteroatoms. The Bertz CT molecular complexity index is 546. The Morgan fingerprint density at radius 3 is 2.46 bits per heavy atom. The van der Waals surface area contributed by atoms with E-state index in [4.69, 9.17) is 17.0 Å². The van der Waals surface area contributed by atoms with E-state index >= 15 is 0 Å². The molecule has 0 bridgehead atoms. The zero-order valence-corrected chi connectivity index (χ0v) is 17.1. The van der Waals surface area contributed by atoms with Crippen LogP contribution in [0, 0.1) is 0 Å². The van der Waals surface area contributed by atoms with Gasteiger partial charge in [0.1, 0.15) is 5.75 Å². The zero-order valence-electron chi connectivity index (χ0n) is 14.7. The van der Waals surface area contributed by atoms with Crippen LogP contribution in [-0.4, -0.2) is 35.6 Å². The maximum atomic E-state index is 12.6. The Labute approximate surface area is 159 Å². The van der Waals surface area contributed by atoms with Crippen molar-refractivity contribution < 1.29 is 9.53 Å². The Morgan fingerprint density at radius 1 is 1.21 bits per heavy atom. The maximum Gasteiger partial charge on any atom is 0.261 e. The van der Waals surface area contributed by atoms with Crippen LogP contribution in [0.5, 0.6) is 5.75 Å². The third-order valence-corrected chi connectivity index (χ3v) is 4.29. The number of hydrogen-bond acceptors (Lipinski definition) is 3. The van der Waals surface area contributed by atoms with Crippen LogP contribution in [0.15, 0.2) is 22.7 Å². The van der Waals surface area contributed by atoms with Crippen LogP contribution in [0.4, 0.5) is 0 Å². The fraction of sp³-hybridized carbons (Fsp3) is 0.556. The van der Waals surface area contributed by atoms with Gasteiger partial charge in [0.05, 0.1) is 12.2 Å². The summed E-state index contributed by atoms with van der Waals surface area (Å²) < 4.78 is 6.59. The summed E-state index contributed by atoms with van der Waals surface area (Å²) >= 11 is 8.82. The van der Waals surface area contributed by atoms with Gasteiger partial charge in [0.2, 0.25) is 0 Å². The molecule has 1 aromatic carbocycles. The molecule has 1 N–H and O–H groups in total. The average Bonchev–Trinajstić information content (AvgIpc) is 2.56. The molecule has 4 nitrogen and oxygen atoms in total.